The molecule has 0 aliphatic carbocycles. The topological polar surface area (TPSA) is 74.3 Å². The average Bonchev–Trinajstić information content (AvgIpc) is 2.81. The monoisotopic (exact) mass is 303 g/mol. The lowest BCUT2D eigenvalue weighted by Crippen LogP contribution is -2.23. The number of benzene rings is 1. The molecule has 0 N–H and O–H groups in total. The van der Waals surface area contributed by atoms with Crippen LogP contribution in [0.15, 0.2) is 28.1 Å². The standard InChI is InChI=1S/C15H21N5O2/c1-5-7-12(3)16-22-10-13-11(2)8-6-9-14(13)20-15(21)19(4)17-18-20/h6,8-9H,5,7,10H2,1-4H3. The molecule has 118 valence electrons. The molecular formula is C15H21N5O2. The Hall–Kier alpha value is -2.44. The number of rotatable bonds is 6. The summed E-state index contributed by atoms with van der Waals surface area (Å²) in [7, 11) is 1.57. The van der Waals surface area contributed by atoms with E-state index in [-0.39, 0.29) is 12.3 Å². The molecule has 22 heavy (non-hydrogen) atoms. The van der Waals surface area contributed by atoms with Crippen LogP contribution in [-0.2, 0) is 18.5 Å². The second-order valence-electron chi connectivity index (χ2n) is 5.22. The van der Waals surface area contributed by atoms with Crippen LogP contribution in [0.4, 0.5) is 0 Å². The summed E-state index contributed by atoms with van der Waals surface area (Å²) in [5.41, 5.74) is 3.21. The molecule has 1 heterocycles. The molecule has 0 unspecified atom stereocenters. The van der Waals surface area contributed by atoms with Gasteiger partial charge in [0.1, 0.15) is 6.61 Å². The molecule has 0 aliphatic heterocycles. The molecule has 2 aromatic rings. The van der Waals surface area contributed by atoms with Gasteiger partial charge in [-0.3, -0.25) is 0 Å². The smallest absolute Gasteiger partial charge is 0.368 e. The number of oxime groups is 1. The third-order valence-electron chi connectivity index (χ3n) is 3.38. The van der Waals surface area contributed by atoms with Crippen LogP contribution in [0.2, 0.25) is 0 Å². The van der Waals surface area contributed by atoms with Crippen LogP contribution in [-0.4, -0.2) is 25.5 Å². The molecule has 7 heteroatoms. The zero-order valence-electron chi connectivity index (χ0n) is 13.4. The van der Waals surface area contributed by atoms with E-state index in [1.807, 2.05) is 32.0 Å². The Balaban J connectivity index is 2.30. The van der Waals surface area contributed by atoms with Gasteiger partial charge in [0.25, 0.3) is 0 Å². The van der Waals surface area contributed by atoms with Crippen molar-refractivity contribution >= 4 is 5.71 Å². The van der Waals surface area contributed by atoms with Crippen molar-refractivity contribution < 1.29 is 4.84 Å². The summed E-state index contributed by atoms with van der Waals surface area (Å²) in [5, 5.41) is 11.7. The van der Waals surface area contributed by atoms with Gasteiger partial charge in [0, 0.05) is 12.6 Å². The van der Waals surface area contributed by atoms with Gasteiger partial charge in [-0.25, -0.2) is 4.79 Å². The van der Waals surface area contributed by atoms with Crippen LogP contribution in [0.3, 0.4) is 0 Å². The van der Waals surface area contributed by atoms with E-state index in [2.05, 4.69) is 22.5 Å². The van der Waals surface area contributed by atoms with Crippen molar-refractivity contribution in [2.75, 3.05) is 0 Å². The summed E-state index contributed by atoms with van der Waals surface area (Å²) in [5.74, 6) is 0. The Bertz CT molecular complexity index is 730. The summed E-state index contributed by atoms with van der Waals surface area (Å²) >= 11 is 0. The summed E-state index contributed by atoms with van der Waals surface area (Å²) < 4.78 is 2.46. The molecule has 1 aromatic carbocycles. The van der Waals surface area contributed by atoms with Crippen molar-refractivity contribution in [3.8, 4) is 5.69 Å². The highest BCUT2D eigenvalue weighted by atomic mass is 16.6. The van der Waals surface area contributed by atoms with Gasteiger partial charge in [-0.05, 0) is 42.3 Å². The van der Waals surface area contributed by atoms with Crippen molar-refractivity contribution in [1.29, 1.82) is 0 Å². The Morgan fingerprint density at radius 3 is 2.77 bits per heavy atom. The van der Waals surface area contributed by atoms with Crippen LogP contribution in [0.5, 0.6) is 0 Å². The highest BCUT2D eigenvalue weighted by molar-refractivity contribution is 5.81. The number of aryl methyl sites for hydroxylation is 2. The van der Waals surface area contributed by atoms with Crippen molar-refractivity contribution in [3.63, 3.8) is 0 Å². The first-order chi connectivity index (χ1) is 10.5. The second kappa shape index (κ2) is 7.02. The minimum atomic E-state index is -0.294. The molecule has 1 aromatic heterocycles. The van der Waals surface area contributed by atoms with Crippen LogP contribution >= 0.6 is 0 Å². The lowest BCUT2D eigenvalue weighted by Gasteiger charge is -2.10. The van der Waals surface area contributed by atoms with E-state index >= 15 is 0 Å². The summed E-state index contributed by atoms with van der Waals surface area (Å²) in [4.78, 5) is 17.5. The normalized spacial score (nSPS) is 11.7. The largest absolute Gasteiger partial charge is 0.391 e. The SMILES string of the molecule is CCCC(C)=NOCc1c(C)cccc1-n1nnn(C)c1=O. The van der Waals surface area contributed by atoms with Gasteiger partial charge >= 0.3 is 5.69 Å². The third-order valence-corrected chi connectivity index (χ3v) is 3.38. The van der Waals surface area contributed by atoms with E-state index in [1.165, 1.54) is 9.36 Å². The first kappa shape index (κ1) is 15.9. The quantitative estimate of drug-likeness (QED) is 0.604. The molecule has 0 spiro atoms. The molecule has 0 amide bonds. The van der Waals surface area contributed by atoms with Crippen molar-refractivity contribution in [2.24, 2.45) is 12.2 Å². The third kappa shape index (κ3) is 3.41. The molecule has 0 bridgehead atoms. The van der Waals surface area contributed by atoms with Crippen molar-refractivity contribution in [2.45, 2.75) is 40.2 Å². The van der Waals surface area contributed by atoms with Crippen LogP contribution < -0.4 is 5.69 Å². The zero-order chi connectivity index (χ0) is 16.1. The molecule has 0 atom stereocenters. The van der Waals surface area contributed by atoms with Crippen molar-refractivity contribution in [3.05, 3.63) is 39.8 Å². The lowest BCUT2D eigenvalue weighted by atomic mass is 10.1. The fraction of sp³-hybridized carbons (Fsp3) is 0.467. The molecule has 0 fully saturated rings. The first-order valence-corrected chi connectivity index (χ1v) is 7.28. The van der Waals surface area contributed by atoms with Gasteiger partial charge in [-0.2, -0.15) is 9.36 Å². The number of hydrogen-bond donors (Lipinski definition) is 0. The van der Waals surface area contributed by atoms with Gasteiger partial charge in [-0.15, -0.1) is 0 Å². The van der Waals surface area contributed by atoms with Crippen LogP contribution in [0.25, 0.3) is 5.69 Å². The minimum absolute atomic E-state index is 0.284. The Morgan fingerprint density at radius 1 is 1.36 bits per heavy atom. The highest BCUT2D eigenvalue weighted by Crippen LogP contribution is 2.18. The van der Waals surface area contributed by atoms with E-state index in [0.717, 1.165) is 29.7 Å². The number of nitrogens with zero attached hydrogens (tertiary/aromatic N) is 5. The fourth-order valence-electron chi connectivity index (χ4n) is 2.15. The zero-order valence-corrected chi connectivity index (χ0v) is 13.4. The Labute approximate surface area is 129 Å². The number of tetrazole rings is 1. The van der Waals surface area contributed by atoms with Gasteiger partial charge in [0.2, 0.25) is 0 Å². The predicted octanol–water partition coefficient (Wildman–Crippen LogP) is 1.97. The number of hydrogen-bond acceptors (Lipinski definition) is 5. The molecule has 0 saturated carbocycles. The van der Waals surface area contributed by atoms with Gasteiger partial charge in [-0.1, -0.05) is 30.6 Å². The van der Waals surface area contributed by atoms with Crippen molar-refractivity contribution in [1.82, 2.24) is 19.8 Å². The van der Waals surface area contributed by atoms with Crippen LogP contribution in [0.1, 0.15) is 37.8 Å². The highest BCUT2D eigenvalue weighted by Gasteiger charge is 2.13. The van der Waals surface area contributed by atoms with Gasteiger partial charge in [0.15, 0.2) is 0 Å². The predicted molar refractivity (Wildman–Crippen MR) is 84.1 cm³/mol. The van der Waals surface area contributed by atoms with Gasteiger partial charge < -0.3 is 4.84 Å². The summed E-state index contributed by atoms with van der Waals surface area (Å²) in [6.07, 6.45) is 1.94. The van der Waals surface area contributed by atoms with E-state index in [0.29, 0.717) is 5.69 Å². The van der Waals surface area contributed by atoms with E-state index in [1.54, 1.807) is 7.05 Å². The molecule has 2 rings (SSSR count). The first-order valence-electron chi connectivity index (χ1n) is 7.28. The maximum atomic E-state index is 12.0. The van der Waals surface area contributed by atoms with E-state index < -0.39 is 0 Å². The summed E-state index contributed by atoms with van der Waals surface area (Å²) in [6.45, 7) is 6.28. The Morgan fingerprint density at radius 2 is 2.14 bits per heavy atom. The van der Waals surface area contributed by atoms with E-state index in [4.69, 9.17) is 4.84 Å². The molecule has 0 aliphatic rings. The number of aromatic nitrogens is 4. The molecule has 7 nitrogen and oxygen atoms in total. The van der Waals surface area contributed by atoms with Crippen LogP contribution in [0, 0.1) is 6.92 Å². The Kier molecular flexibility index (Phi) is 5.08. The maximum absolute atomic E-state index is 12.0. The fourth-order valence-corrected chi connectivity index (χ4v) is 2.15. The van der Waals surface area contributed by atoms with E-state index in [9.17, 15) is 4.79 Å². The molecule has 0 radical (unpaired) electrons. The lowest BCUT2D eigenvalue weighted by molar-refractivity contribution is 0.129. The second-order valence-corrected chi connectivity index (χ2v) is 5.22. The average molecular weight is 303 g/mol. The molecule has 0 saturated heterocycles. The molecular weight excluding hydrogens is 282 g/mol. The maximum Gasteiger partial charge on any atom is 0.368 e. The minimum Gasteiger partial charge on any atom is -0.391 e. The summed E-state index contributed by atoms with van der Waals surface area (Å²) in [6, 6.07) is 5.66. The van der Waals surface area contributed by atoms with Gasteiger partial charge in [0.05, 0.1) is 11.4 Å².